The van der Waals surface area contributed by atoms with Crippen molar-refractivity contribution in [3.8, 4) is 5.75 Å². The SMILES string of the molecule is CCc1ccc(CC)c(OC(C)SCc2n[nH]c(=O)[nH]2)c1. The molecule has 114 valence electrons. The minimum atomic E-state index is -0.275. The number of nitrogens with zero attached hydrogens (tertiary/aromatic N) is 1. The molecule has 1 aromatic heterocycles. The Bertz CT molecular complexity index is 636. The smallest absolute Gasteiger partial charge is 0.340 e. The maximum Gasteiger partial charge on any atom is 0.340 e. The molecule has 0 saturated heterocycles. The topological polar surface area (TPSA) is 70.8 Å². The summed E-state index contributed by atoms with van der Waals surface area (Å²) in [6.45, 7) is 6.27. The van der Waals surface area contributed by atoms with Gasteiger partial charge >= 0.3 is 5.69 Å². The molecule has 0 aliphatic rings. The number of hydrogen-bond donors (Lipinski definition) is 2. The Morgan fingerprint density at radius 3 is 2.76 bits per heavy atom. The van der Waals surface area contributed by atoms with Crippen molar-refractivity contribution < 1.29 is 4.74 Å². The van der Waals surface area contributed by atoms with Crippen LogP contribution in [0.4, 0.5) is 0 Å². The van der Waals surface area contributed by atoms with Crippen molar-refractivity contribution in [1.29, 1.82) is 0 Å². The highest BCUT2D eigenvalue weighted by molar-refractivity contribution is 7.98. The summed E-state index contributed by atoms with van der Waals surface area (Å²) in [6.07, 6.45) is 1.94. The third-order valence-electron chi connectivity index (χ3n) is 3.22. The van der Waals surface area contributed by atoms with Crippen LogP contribution in [0.3, 0.4) is 0 Å². The van der Waals surface area contributed by atoms with E-state index in [2.05, 4.69) is 47.2 Å². The Kier molecular flexibility index (Phi) is 5.50. The van der Waals surface area contributed by atoms with Crippen LogP contribution in [0.5, 0.6) is 5.75 Å². The predicted octanol–water partition coefficient (Wildman–Crippen LogP) is 2.88. The first-order chi connectivity index (χ1) is 10.1. The number of benzene rings is 1. The van der Waals surface area contributed by atoms with E-state index in [0.717, 1.165) is 18.6 Å². The highest BCUT2D eigenvalue weighted by atomic mass is 32.2. The average Bonchev–Trinajstić information content (AvgIpc) is 2.90. The minimum Gasteiger partial charge on any atom is -0.480 e. The number of rotatable bonds is 7. The molecule has 0 saturated carbocycles. The van der Waals surface area contributed by atoms with Gasteiger partial charge in [0.15, 0.2) is 0 Å². The molecule has 1 heterocycles. The molecule has 2 N–H and O–H groups in total. The molecule has 0 radical (unpaired) electrons. The van der Waals surface area contributed by atoms with Gasteiger partial charge in [-0.3, -0.25) is 4.98 Å². The van der Waals surface area contributed by atoms with E-state index in [-0.39, 0.29) is 11.1 Å². The molecule has 5 nitrogen and oxygen atoms in total. The third kappa shape index (κ3) is 4.39. The summed E-state index contributed by atoms with van der Waals surface area (Å²) in [6, 6.07) is 6.40. The molecule has 2 aromatic rings. The van der Waals surface area contributed by atoms with Gasteiger partial charge in [0.25, 0.3) is 0 Å². The van der Waals surface area contributed by atoms with Gasteiger partial charge in [0.1, 0.15) is 17.0 Å². The van der Waals surface area contributed by atoms with E-state index in [9.17, 15) is 4.79 Å². The van der Waals surface area contributed by atoms with Gasteiger partial charge in [0.2, 0.25) is 0 Å². The van der Waals surface area contributed by atoms with Crippen LogP contribution in [0.2, 0.25) is 0 Å². The largest absolute Gasteiger partial charge is 0.480 e. The third-order valence-corrected chi connectivity index (χ3v) is 4.22. The summed E-state index contributed by atoms with van der Waals surface area (Å²) in [5.74, 6) is 2.19. The summed E-state index contributed by atoms with van der Waals surface area (Å²) in [5, 5.41) is 6.25. The van der Waals surface area contributed by atoms with Gasteiger partial charge in [0.05, 0.1) is 5.75 Å². The first-order valence-electron chi connectivity index (χ1n) is 7.16. The molecule has 1 unspecified atom stereocenters. The van der Waals surface area contributed by atoms with Gasteiger partial charge in [0, 0.05) is 0 Å². The van der Waals surface area contributed by atoms with Crippen LogP contribution in [0.1, 0.15) is 37.7 Å². The lowest BCUT2D eigenvalue weighted by Gasteiger charge is -2.17. The molecule has 0 aliphatic carbocycles. The Morgan fingerprint density at radius 1 is 1.33 bits per heavy atom. The van der Waals surface area contributed by atoms with Crippen LogP contribution < -0.4 is 10.4 Å². The summed E-state index contributed by atoms with van der Waals surface area (Å²) < 4.78 is 6.04. The van der Waals surface area contributed by atoms with Crippen molar-refractivity contribution >= 4 is 11.8 Å². The van der Waals surface area contributed by atoms with E-state index in [4.69, 9.17) is 4.74 Å². The molecule has 0 bridgehead atoms. The number of aromatic nitrogens is 3. The molecular formula is C15H21N3O2S. The molecule has 0 amide bonds. The summed E-state index contributed by atoms with van der Waals surface area (Å²) in [7, 11) is 0. The van der Waals surface area contributed by atoms with Gasteiger partial charge in [-0.15, -0.1) is 11.8 Å². The molecule has 2 rings (SSSR count). The maximum absolute atomic E-state index is 11.0. The lowest BCUT2D eigenvalue weighted by molar-refractivity contribution is 0.304. The average molecular weight is 307 g/mol. The highest BCUT2D eigenvalue weighted by Crippen LogP contribution is 2.26. The standard InChI is InChI=1S/C15H21N3O2S/c1-4-11-6-7-12(5-2)13(8-11)20-10(3)21-9-14-16-15(19)18-17-14/h6-8,10H,4-5,9H2,1-3H3,(H2,16,17,18,19). The molecule has 0 fully saturated rings. The van der Waals surface area contributed by atoms with E-state index in [0.29, 0.717) is 11.6 Å². The van der Waals surface area contributed by atoms with Crippen molar-refractivity contribution in [2.45, 2.75) is 44.8 Å². The Morgan fingerprint density at radius 2 is 2.14 bits per heavy atom. The summed E-state index contributed by atoms with van der Waals surface area (Å²) in [4.78, 5) is 13.6. The lowest BCUT2D eigenvalue weighted by atomic mass is 10.1. The minimum absolute atomic E-state index is 0.0115. The summed E-state index contributed by atoms with van der Waals surface area (Å²) in [5.41, 5.74) is 2.20. The molecular weight excluding hydrogens is 286 g/mol. The van der Waals surface area contributed by atoms with Crippen LogP contribution >= 0.6 is 11.8 Å². The fourth-order valence-corrected chi connectivity index (χ4v) is 2.70. The van der Waals surface area contributed by atoms with Crippen LogP contribution in [-0.2, 0) is 18.6 Å². The van der Waals surface area contributed by atoms with Crippen molar-refractivity contribution in [1.82, 2.24) is 15.2 Å². The monoisotopic (exact) mass is 307 g/mol. The lowest BCUT2D eigenvalue weighted by Crippen LogP contribution is -2.09. The van der Waals surface area contributed by atoms with Gasteiger partial charge in [-0.25, -0.2) is 9.89 Å². The number of aryl methyl sites for hydroxylation is 2. The van der Waals surface area contributed by atoms with E-state index in [1.165, 1.54) is 11.1 Å². The van der Waals surface area contributed by atoms with Crippen LogP contribution in [0.25, 0.3) is 0 Å². The number of nitrogens with one attached hydrogen (secondary N) is 2. The van der Waals surface area contributed by atoms with E-state index >= 15 is 0 Å². The highest BCUT2D eigenvalue weighted by Gasteiger charge is 2.10. The number of ether oxygens (including phenoxy) is 1. The zero-order chi connectivity index (χ0) is 15.2. The Labute approximate surface area is 128 Å². The zero-order valence-corrected chi connectivity index (χ0v) is 13.4. The maximum atomic E-state index is 11.0. The van der Waals surface area contributed by atoms with Crippen molar-refractivity contribution in [2.75, 3.05) is 0 Å². The van der Waals surface area contributed by atoms with Gasteiger partial charge in [-0.2, -0.15) is 5.10 Å². The van der Waals surface area contributed by atoms with Crippen molar-refractivity contribution in [3.63, 3.8) is 0 Å². The predicted molar refractivity (Wildman–Crippen MR) is 85.8 cm³/mol. The molecule has 21 heavy (non-hydrogen) atoms. The number of aromatic amines is 2. The quantitative estimate of drug-likeness (QED) is 0.772. The van der Waals surface area contributed by atoms with Crippen molar-refractivity contribution in [2.24, 2.45) is 0 Å². The molecule has 0 spiro atoms. The van der Waals surface area contributed by atoms with Crippen molar-refractivity contribution in [3.05, 3.63) is 45.6 Å². The van der Waals surface area contributed by atoms with E-state index in [1.807, 2.05) is 6.92 Å². The fraction of sp³-hybridized carbons (Fsp3) is 0.467. The second-order valence-electron chi connectivity index (χ2n) is 4.77. The van der Waals surface area contributed by atoms with Crippen LogP contribution in [0.15, 0.2) is 23.0 Å². The van der Waals surface area contributed by atoms with Crippen LogP contribution in [-0.4, -0.2) is 20.6 Å². The van der Waals surface area contributed by atoms with E-state index < -0.39 is 0 Å². The number of H-pyrrole nitrogens is 2. The first-order valence-corrected chi connectivity index (χ1v) is 8.20. The van der Waals surface area contributed by atoms with Gasteiger partial charge in [-0.1, -0.05) is 26.0 Å². The molecule has 1 aromatic carbocycles. The molecule has 0 aliphatic heterocycles. The zero-order valence-electron chi connectivity index (χ0n) is 12.6. The Balaban J connectivity index is 1.98. The summed E-state index contributed by atoms with van der Waals surface area (Å²) >= 11 is 1.60. The second-order valence-corrected chi connectivity index (χ2v) is 6.06. The second kappa shape index (κ2) is 7.36. The normalized spacial score (nSPS) is 12.3. The van der Waals surface area contributed by atoms with Crippen LogP contribution in [0, 0.1) is 0 Å². The Hall–Kier alpha value is -1.69. The molecule has 1 atom stereocenters. The molecule has 6 heteroatoms. The van der Waals surface area contributed by atoms with Gasteiger partial charge < -0.3 is 4.74 Å². The van der Waals surface area contributed by atoms with Gasteiger partial charge in [-0.05, 0) is 37.0 Å². The fourth-order valence-electron chi connectivity index (χ4n) is 2.00. The first kappa shape index (κ1) is 15.7. The number of thioether (sulfide) groups is 1. The van der Waals surface area contributed by atoms with E-state index in [1.54, 1.807) is 11.8 Å². The number of hydrogen-bond acceptors (Lipinski definition) is 4.